The van der Waals surface area contributed by atoms with Gasteiger partial charge in [-0.1, -0.05) is 17.7 Å². The van der Waals surface area contributed by atoms with Crippen LogP contribution in [-0.4, -0.2) is 27.9 Å². The number of fused-ring (bicyclic) bond motifs is 1. The van der Waals surface area contributed by atoms with E-state index >= 15 is 0 Å². The van der Waals surface area contributed by atoms with Crippen molar-refractivity contribution in [2.75, 3.05) is 6.54 Å². The minimum atomic E-state index is -0.815. The van der Waals surface area contributed by atoms with E-state index in [0.717, 1.165) is 0 Å². The summed E-state index contributed by atoms with van der Waals surface area (Å²) >= 11 is 6.03. The number of aryl methyl sites for hydroxylation is 1. The number of amides is 1. The lowest BCUT2D eigenvalue weighted by Gasteiger charge is -2.12. The summed E-state index contributed by atoms with van der Waals surface area (Å²) in [4.78, 5) is 35.1. The second-order valence-electron chi connectivity index (χ2n) is 4.61. The first-order valence-electron chi connectivity index (χ1n) is 6.12. The number of carbonyl (C=O) groups is 2. The second kappa shape index (κ2) is 5.57. The van der Waals surface area contributed by atoms with Crippen molar-refractivity contribution >= 4 is 34.2 Å². The van der Waals surface area contributed by atoms with Gasteiger partial charge >= 0.3 is 0 Å². The molecule has 2 aromatic rings. The van der Waals surface area contributed by atoms with Gasteiger partial charge < -0.3 is 15.0 Å². The molecule has 0 fully saturated rings. The van der Waals surface area contributed by atoms with Gasteiger partial charge in [-0.15, -0.1) is 0 Å². The van der Waals surface area contributed by atoms with E-state index in [4.69, 9.17) is 11.6 Å². The van der Waals surface area contributed by atoms with E-state index in [-0.39, 0.29) is 22.7 Å². The summed E-state index contributed by atoms with van der Waals surface area (Å²) in [5, 5.41) is 13.0. The largest absolute Gasteiger partial charge is 0.506 e. The molecule has 0 radical (unpaired) electrons. The number of rotatable bonds is 3. The minimum absolute atomic E-state index is 0.217. The molecule has 0 atom stereocenters. The van der Waals surface area contributed by atoms with Gasteiger partial charge in [0, 0.05) is 7.05 Å². The molecule has 1 aromatic carbocycles. The molecular formula is C14H13ClN2O4. The van der Waals surface area contributed by atoms with Gasteiger partial charge in [-0.2, -0.15) is 0 Å². The van der Waals surface area contributed by atoms with Crippen LogP contribution in [0.15, 0.2) is 23.0 Å². The first kappa shape index (κ1) is 15.1. The summed E-state index contributed by atoms with van der Waals surface area (Å²) in [6.45, 7) is 1.08. The molecule has 0 spiro atoms. The van der Waals surface area contributed by atoms with E-state index in [1.54, 1.807) is 18.2 Å². The maximum Gasteiger partial charge on any atom is 0.267 e. The fraction of sp³-hybridized carbons (Fsp3) is 0.214. The van der Waals surface area contributed by atoms with Crippen molar-refractivity contribution in [1.82, 2.24) is 9.88 Å². The molecule has 0 bridgehead atoms. The van der Waals surface area contributed by atoms with Crippen molar-refractivity contribution in [2.45, 2.75) is 6.92 Å². The lowest BCUT2D eigenvalue weighted by Crippen LogP contribution is -2.34. The molecule has 2 rings (SSSR count). The Morgan fingerprint density at radius 2 is 2.05 bits per heavy atom. The van der Waals surface area contributed by atoms with Crippen LogP contribution >= 0.6 is 11.6 Å². The number of carbonyl (C=O) groups excluding carboxylic acids is 2. The number of nitrogens with zero attached hydrogens (tertiary/aromatic N) is 1. The SMILES string of the molecule is CC(=O)CNC(=O)c1c(O)c2c(Cl)cccc2n(C)c1=O. The van der Waals surface area contributed by atoms with Gasteiger partial charge in [0.25, 0.3) is 11.5 Å². The molecule has 1 aromatic heterocycles. The van der Waals surface area contributed by atoms with Gasteiger partial charge in [-0.25, -0.2) is 0 Å². The Morgan fingerprint density at radius 1 is 1.38 bits per heavy atom. The molecule has 6 nitrogen and oxygen atoms in total. The Hall–Kier alpha value is -2.34. The highest BCUT2D eigenvalue weighted by atomic mass is 35.5. The van der Waals surface area contributed by atoms with E-state index in [1.165, 1.54) is 18.5 Å². The van der Waals surface area contributed by atoms with Crippen LogP contribution in [0.2, 0.25) is 5.02 Å². The van der Waals surface area contributed by atoms with E-state index in [0.29, 0.717) is 5.52 Å². The topological polar surface area (TPSA) is 88.4 Å². The Balaban J connectivity index is 2.70. The molecule has 0 aliphatic rings. The molecule has 1 heterocycles. The van der Waals surface area contributed by atoms with Crippen molar-refractivity contribution in [2.24, 2.45) is 7.05 Å². The fourth-order valence-electron chi connectivity index (χ4n) is 2.03. The van der Waals surface area contributed by atoms with Gasteiger partial charge in [0.05, 0.1) is 22.5 Å². The Bertz CT molecular complexity index is 811. The number of aromatic hydroxyl groups is 1. The third-order valence-electron chi connectivity index (χ3n) is 3.07. The lowest BCUT2D eigenvalue weighted by molar-refractivity contribution is -0.116. The number of Topliss-reactive ketones (excluding diaryl/α,β-unsaturated/α-hetero) is 1. The Morgan fingerprint density at radius 3 is 2.67 bits per heavy atom. The molecule has 0 unspecified atom stereocenters. The van der Waals surface area contributed by atoms with E-state index in [2.05, 4.69) is 5.32 Å². The molecule has 110 valence electrons. The number of hydrogen-bond acceptors (Lipinski definition) is 4. The van der Waals surface area contributed by atoms with E-state index in [9.17, 15) is 19.5 Å². The maximum absolute atomic E-state index is 12.2. The van der Waals surface area contributed by atoms with Crippen LogP contribution in [0.3, 0.4) is 0 Å². The number of ketones is 1. The summed E-state index contributed by atoms with van der Waals surface area (Å²) in [7, 11) is 1.47. The predicted octanol–water partition coefficient (Wildman–Crippen LogP) is 1.22. The molecule has 0 aliphatic heterocycles. The van der Waals surface area contributed by atoms with E-state index in [1.807, 2.05) is 0 Å². The zero-order valence-electron chi connectivity index (χ0n) is 11.4. The summed E-state index contributed by atoms with van der Waals surface area (Å²) in [5.74, 6) is -1.57. The minimum Gasteiger partial charge on any atom is -0.506 e. The monoisotopic (exact) mass is 308 g/mol. The molecule has 2 N–H and O–H groups in total. The molecule has 0 aliphatic carbocycles. The smallest absolute Gasteiger partial charge is 0.267 e. The maximum atomic E-state index is 12.2. The van der Waals surface area contributed by atoms with Gasteiger partial charge in [-0.3, -0.25) is 14.4 Å². The van der Waals surface area contributed by atoms with Crippen molar-refractivity contribution < 1.29 is 14.7 Å². The number of pyridine rings is 1. The van der Waals surface area contributed by atoms with Crippen molar-refractivity contribution in [1.29, 1.82) is 0 Å². The highest BCUT2D eigenvalue weighted by Crippen LogP contribution is 2.32. The molecular weight excluding hydrogens is 296 g/mol. The fourth-order valence-corrected chi connectivity index (χ4v) is 2.29. The number of benzene rings is 1. The molecule has 0 saturated heterocycles. The third kappa shape index (κ3) is 2.62. The summed E-state index contributed by atoms with van der Waals surface area (Å²) in [5.41, 5.74) is -0.684. The Labute approximate surface area is 124 Å². The zero-order chi connectivity index (χ0) is 15.7. The number of nitrogens with one attached hydrogen (secondary N) is 1. The quantitative estimate of drug-likeness (QED) is 0.892. The standard InChI is InChI=1S/C14H13ClN2O4/c1-7(18)6-16-13(20)11-12(19)10-8(15)4-3-5-9(10)17(2)14(11)21/h3-5,19H,6H2,1-2H3,(H,16,20). The van der Waals surface area contributed by atoms with Crippen molar-refractivity contribution in [3.8, 4) is 5.75 Å². The zero-order valence-corrected chi connectivity index (χ0v) is 12.2. The van der Waals surface area contributed by atoms with Gasteiger partial charge in [-0.05, 0) is 19.1 Å². The first-order valence-corrected chi connectivity index (χ1v) is 6.50. The van der Waals surface area contributed by atoms with E-state index < -0.39 is 22.8 Å². The van der Waals surface area contributed by atoms with Crippen molar-refractivity contribution in [3.05, 3.63) is 39.1 Å². The van der Waals surface area contributed by atoms with Crippen LogP contribution in [0.25, 0.3) is 10.9 Å². The summed E-state index contributed by atoms with van der Waals surface area (Å²) in [6, 6.07) is 4.80. The summed E-state index contributed by atoms with van der Waals surface area (Å²) < 4.78 is 1.23. The molecule has 1 amide bonds. The van der Waals surface area contributed by atoms with Crippen LogP contribution < -0.4 is 10.9 Å². The Kier molecular flexibility index (Phi) is 3.99. The average Bonchev–Trinajstić information content (AvgIpc) is 2.42. The normalized spacial score (nSPS) is 10.6. The number of hydrogen-bond donors (Lipinski definition) is 2. The van der Waals surface area contributed by atoms with Gasteiger partial charge in [0.2, 0.25) is 0 Å². The number of halogens is 1. The summed E-state index contributed by atoms with van der Waals surface area (Å²) in [6.07, 6.45) is 0. The average molecular weight is 309 g/mol. The first-order chi connectivity index (χ1) is 9.84. The van der Waals surface area contributed by atoms with Crippen molar-refractivity contribution in [3.63, 3.8) is 0 Å². The molecule has 7 heteroatoms. The number of aromatic nitrogens is 1. The highest BCUT2D eigenvalue weighted by Gasteiger charge is 2.22. The third-order valence-corrected chi connectivity index (χ3v) is 3.39. The lowest BCUT2D eigenvalue weighted by atomic mass is 10.1. The molecule has 21 heavy (non-hydrogen) atoms. The van der Waals surface area contributed by atoms with Crippen LogP contribution in [0.5, 0.6) is 5.75 Å². The van der Waals surface area contributed by atoms with Crippen LogP contribution in [0.1, 0.15) is 17.3 Å². The van der Waals surface area contributed by atoms with Crippen LogP contribution in [0, 0.1) is 0 Å². The van der Waals surface area contributed by atoms with Gasteiger partial charge in [0.15, 0.2) is 0 Å². The second-order valence-corrected chi connectivity index (χ2v) is 5.01. The van der Waals surface area contributed by atoms with Crippen LogP contribution in [0.4, 0.5) is 0 Å². The van der Waals surface area contributed by atoms with Gasteiger partial charge in [0.1, 0.15) is 17.1 Å². The molecule has 0 saturated carbocycles. The van der Waals surface area contributed by atoms with Crippen LogP contribution in [-0.2, 0) is 11.8 Å². The highest BCUT2D eigenvalue weighted by molar-refractivity contribution is 6.36. The predicted molar refractivity (Wildman–Crippen MR) is 78.9 cm³/mol.